The first-order valence-corrected chi connectivity index (χ1v) is 7.03. The van der Waals surface area contributed by atoms with E-state index in [2.05, 4.69) is 4.90 Å². The number of rotatable bonds is 2. The van der Waals surface area contributed by atoms with Gasteiger partial charge in [0.15, 0.2) is 0 Å². The maximum Gasteiger partial charge on any atom is 0.410 e. The van der Waals surface area contributed by atoms with E-state index in [1.54, 1.807) is 24.0 Å². The van der Waals surface area contributed by atoms with Crippen molar-refractivity contribution in [1.29, 1.82) is 0 Å². The maximum atomic E-state index is 14.1. The fraction of sp³-hybridized carbons (Fsp3) is 0.500. The van der Waals surface area contributed by atoms with Crippen LogP contribution in [0.5, 0.6) is 0 Å². The van der Waals surface area contributed by atoms with Gasteiger partial charge in [-0.15, -0.1) is 0 Å². The van der Waals surface area contributed by atoms with Gasteiger partial charge >= 0.3 is 6.09 Å². The van der Waals surface area contributed by atoms with E-state index < -0.39 is 0 Å². The van der Waals surface area contributed by atoms with Crippen molar-refractivity contribution >= 4 is 17.7 Å². The van der Waals surface area contributed by atoms with Gasteiger partial charge in [0.2, 0.25) is 0 Å². The molecular formula is C14H16ClFN2O2. The van der Waals surface area contributed by atoms with Crippen molar-refractivity contribution in [3.05, 3.63) is 34.1 Å². The van der Waals surface area contributed by atoms with Crippen LogP contribution in [0.1, 0.15) is 11.1 Å². The fourth-order valence-corrected chi connectivity index (χ4v) is 2.99. The maximum absolute atomic E-state index is 14.1. The third-order valence-corrected chi connectivity index (χ3v) is 4.32. The lowest BCUT2D eigenvalue weighted by Gasteiger charge is -2.35. The minimum absolute atomic E-state index is 0.0721. The first-order chi connectivity index (χ1) is 9.56. The van der Waals surface area contributed by atoms with Crippen LogP contribution in [0.15, 0.2) is 12.1 Å². The molecule has 1 aromatic rings. The van der Waals surface area contributed by atoms with Crippen molar-refractivity contribution in [3.63, 3.8) is 0 Å². The summed E-state index contributed by atoms with van der Waals surface area (Å²) in [6, 6.07) is 3.49. The van der Waals surface area contributed by atoms with Crippen LogP contribution in [0.2, 0.25) is 5.02 Å². The number of cyclic esters (lactones) is 1. The molecule has 2 fully saturated rings. The summed E-state index contributed by atoms with van der Waals surface area (Å²) in [5.41, 5.74) is 1.13. The average Bonchev–Trinajstić information content (AvgIpc) is 2.80. The highest BCUT2D eigenvalue weighted by atomic mass is 35.5. The highest BCUT2D eigenvalue weighted by molar-refractivity contribution is 6.31. The van der Waals surface area contributed by atoms with Crippen LogP contribution < -0.4 is 0 Å². The second-order valence-corrected chi connectivity index (χ2v) is 5.72. The van der Waals surface area contributed by atoms with Crippen LogP contribution in [-0.4, -0.2) is 48.2 Å². The number of fused-ring (bicyclic) bond motifs is 1. The predicted octanol–water partition coefficient (Wildman–Crippen LogP) is 2.42. The Kier molecular flexibility index (Phi) is 3.56. The summed E-state index contributed by atoms with van der Waals surface area (Å²) in [5.74, 6) is -0.237. The van der Waals surface area contributed by atoms with Gasteiger partial charge in [0.25, 0.3) is 0 Å². The molecule has 0 spiro atoms. The Morgan fingerprint density at radius 3 is 3.05 bits per heavy atom. The van der Waals surface area contributed by atoms with Crippen LogP contribution in [0.25, 0.3) is 0 Å². The molecule has 2 saturated heterocycles. The normalized spacial score (nSPS) is 22.9. The van der Waals surface area contributed by atoms with Crippen molar-refractivity contribution < 1.29 is 13.9 Å². The smallest absolute Gasteiger partial charge is 0.410 e. The van der Waals surface area contributed by atoms with Crippen LogP contribution in [0.4, 0.5) is 9.18 Å². The molecular weight excluding hydrogens is 283 g/mol. The van der Waals surface area contributed by atoms with Gasteiger partial charge in [-0.2, -0.15) is 0 Å². The monoisotopic (exact) mass is 298 g/mol. The van der Waals surface area contributed by atoms with Gasteiger partial charge in [-0.3, -0.25) is 9.80 Å². The van der Waals surface area contributed by atoms with Gasteiger partial charge < -0.3 is 4.74 Å². The van der Waals surface area contributed by atoms with E-state index in [1.807, 2.05) is 0 Å². The number of aryl methyl sites for hydroxylation is 1. The quantitative estimate of drug-likeness (QED) is 0.841. The number of ether oxygens (including phenoxy) is 1. The minimum atomic E-state index is -0.241. The second kappa shape index (κ2) is 5.22. The summed E-state index contributed by atoms with van der Waals surface area (Å²) in [6.45, 7) is 4.63. The third-order valence-electron chi connectivity index (χ3n) is 3.96. The van der Waals surface area contributed by atoms with Gasteiger partial charge in [-0.25, -0.2) is 9.18 Å². The van der Waals surface area contributed by atoms with Crippen molar-refractivity contribution in [2.24, 2.45) is 0 Å². The molecule has 2 aliphatic heterocycles. The van der Waals surface area contributed by atoms with Gasteiger partial charge in [-0.05, 0) is 18.6 Å². The van der Waals surface area contributed by atoms with E-state index in [9.17, 15) is 9.18 Å². The molecule has 0 radical (unpaired) electrons. The molecule has 2 heterocycles. The molecule has 6 heteroatoms. The summed E-state index contributed by atoms with van der Waals surface area (Å²) >= 11 is 6.10. The van der Waals surface area contributed by atoms with Gasteiger partial charge in [0, 0.05) is 36.8 Å². The number of benzene rings is 1. The zero-order valence-corrected chi connectivity index (χ0v) is 12.0. The number of hydrogen-bond donors (Lipinski definition) is 0. The molecule has 108 valence electrons. The molecule has 0 aromatic heterocycles. The molecule has 0 N–H and O–H groups in total. The Hall–Kier alpha value is -1.33. The summed E-state index contributed by atoms with van der Waals surface area (Å²) in [6.07, 6.45) is -0.241. The van der Waals surface area contributed by atoms with E-state index in [1.165, 1.54) is 0 Å². The first-order valence-electron chi connectivity index (χ1n) is 6.65. The number of hydrogen-bond acceptors (Lipinski definition) is 3. The molecule has 0 aliphatic carbocycles. The molecule has 0 unspecified atom stereocenters. The standard InChI is InChI=1S/C14H16ClFN2O2/c1-9-2-3-12(15)11(13(9)16)7-17-4-5-18-10(6-17)8-20-14(18)19/h2-3,10H,4-8H2,1H3/t10-/m0/s1. The molecule has 2 aliphatic rings. The topological polar surface area (TPSA) is 32.8 Å². The van der Waals surface area contributed by atoms with E-state index in [-0.39, 0.29) is 18.0 Å². The lowest BCUT2D eigenvalue weighted by atomic mass is 10.1. The van der Waals surface area contributed by atoms with Crippen LogP contribution in [0.3, 0.4) is 0 Å². The van der Waals surface area contributed by atoms with Crippen LogP contribution in [0, 0.1) is 12.7 Å². The summed E-state index contributed by atoms with van der Waals surface area (Å²) in [5, 5.41) is 0.453. The molecule has 0 saturated carbocycles. The summed E-state index contributed by atoms with van der Waals surface area (Å²) in [7, 11) is 0. The van der Waals surface area contributed by atoms with Gasteiger partial charge in [0.1, 0.15) is 12.4 Å². The number of nitrogens with zero attached hydrogens (tertiary/aromatic N) is 2. The molecule has 0 bridgehead atoms. The largest absolute Gasteiger partial charge is 0.447 e. The van der Waals surface area contributed by atoms with E-state index in [0.29, 0.717) is 48.9 Å². The van der Waals surface area contributed by atoms with Crippen molar-refractivity contribution in [2.75, 3.05) is 26.2 Å². The number of carbonyl (C=O) groups is 1. The average molecular weight is 299 g/mol. The number of piperazine rings is 1. The Labute approximate surface area is 122 Å². The number of amides is 1. The predicted molar refractivity (Wildman–Crippen MR) is 73.3 cm³/mol. The lowest BCUT2D eigenvalue weighted by molar-refractivity contribution is 0.114. The fourth-order valence-electron chi connectivity index (χ4n) is 2.78. The Bertz CT molecular complexity index is 552. The van der Waals surface area contributed by atoms with E-state index >= 15 is 0 Å². The SMILES string of the molecule is Cc1ccc(Cl)c(CN2CCN3C(=O)OC[C@@H]3C2)c1F. The molecule has 1 amide bonds. The van der Waals surface area contributed by atoms with E-state index in [0.717, 1.165) is 0 Å². The van der Waals surface area contributed by atoms with Crippen molar-refractivity contribution in [2.45, 2.75) is 19.5 Å². The highest BCUT2D eigenvalue weighted by Gasteiger charge is 2.37. The van der Waals surface area contributed by atoms with Gasteiger partial charge in [-0.1, -0.05) is 17.7 Å². The van der Waals surface area contributed by atoms with Crippen LogP contribution in [-0.2, 0) is 11.3 Å². The Morgan fingerprint density at radius 1 is 1.45 bits per heavy atom. The van der Waals surface area contributed by atoms with Crippen LogP contribution >= 0.6 is 11.6 Å². The number of carbonyl (C=O) groups excluding carboxylic acids is 1. The molecule has 20 heavy (non-hydrogen) atoms. The Morgan fingerprint density at radius 2 is 2.25 bits per heavy atom. The first kappa shape index (κ1) is 13.6. The zero-order valence-electron chi connectivity index (χ0n) is 11.2. The Balaban J connectivity index is 1.73. The zero-order chi connectivity index (χ0) is 14.3. The third kappa shape index (κ3) is 2.36. The minimum Gasteiger partial charge on any atom is -0.447 e. The number of halogens is 2. The molecule has 3 rings (SSSR count). The lowest BCUT2D eigenvalue weighted by Crippen LogP contribution is -2.51. The summed E-state index contributed by atoms with van der Waals surface area (Å²) in [4.78, 5) is 15.3. The highest BCUT2D eigenvalue weighted by Crippen LogP contribution is 2.25. The molecule has 1 atom stereocenters. The van der Waals surface area contributed by atoms with Gasteiger partial charge in [0.05, 0.1) is 6.04 Å². The van der Waals surface area contributed by atoms with Crippen molar-refractivity contribution in [3.8, 4) is 0 Å². The second-order valence-electron chi connectivity index (χ2n) is 5.32. The summed E-state index contributed by atoms with van der Waals surface area (Å²) < 4.78 is 19.2. The molecule has 1 aromatic carbocycles. The van der Waals surface area contributed by atoms with E-state index in [4.69, 9.17) is 16.3 Å². The molecule has 4 nitrogen and oxygen atoms in total. The van der Waals surface area contributed by atoms with Crippen molar-refractivity contribution in [1.82, 2.24) is 9.80 Å².